The van der Waals surface area contributed by atoms with Gasteiger partial charge in [0.15, 0.2) is 0 Å². The van der Waals surface area contributed by atoms with Crippen molar-refractivity contribution in [2.45, 2.75) is 37.8 Å². The number of rotatable bonds is 7. The fourth-order valence-corrected chi connectivity index (χ4v) is 4.86. The molecule has 3 aromatic rings. The van der Waals surface area contributed by atoms with Gasteiger partial charge in [-0.3, -0.25) is 4.90 Å². The van der Waals surface area contributed by atoms with Crippen LogP contribution in [-0.4, -0.2) is 59.2 Å². The summed E-state index contributed by atoms with van der Waals surface area (Å²) in [5.74, 6) is 1.14. The molecule has 0 radical (unpaired) electrons. The smallest absolute Gasteiger partial charge is 0.240 e. The van der Waals surface area contributed by atoms with Gasteiger partial charge in [-0.25, -0.2) is 18.1 Å². The molecule has 32 heavy (non-hydrogen) atoms. The van der Waals surface area contributed by atoms with Gasteiger partial charge in [0.2, 0.25) is 16.0 Å². The minimum absolute atomic E-state index is 0.232. The lowest BCUT2D eigenvalue weighted by atomic mass is 10.2. The number of aryl methyl sites for hydroxylation is 2. The Morgan fingerprint density at radius 1 is 1.19 bits per heavy atom. The SMILES string of the molecule is CNS(=O)(=O)c1ccc(Nc2nccc(-n3cc(C)c(CN4CC[C@@H](O)C4)c3)n2)cc1C. The molecule has 1 fully saturated rings. The first kappa shape index (κ1) is 22.4. The van der Waals surface area contributed by atoms with Gasteiger partial charge < -0.3 is 15.0 Å². The van der Waals surface area contributed by atoms with Crippen molar-refractivity contribution in [3.8, 4) is 5.82 Å². The van der Waals surface area contributed by atoms with Crippen LogP contribution in [0.5, 0.6) is 0 Å². The molecule has 0 unspecified atom stereocenters. The highest BCUT2D eigenvalue weighted by atomic mass is 32.2. The number of hydrogen-bond donors (Lipinski definition) is 3. The third-order valence-electron chi connectivity index (χ3n) is 5.67. The van der Waals surface area contributed by atoms with Gasteiger partial charge in [-0.2, -0.15) is 4.98 Å². The molecule has 10 heteroatoms. The highest BCUT2D eigenvalue weighted by molar-refractivity contribution is 7.89. The summed E-state index contributed by atoms with van der Waals surface area (Å²) >= 11 is 0. The zero-order chi connectivity index (χ0) is 22.9. The minimum atomic E-state index is -3.50. The van der Waals surface area contributed by atoms with E-state index in [1.54, 1.807) is 31.3 Å². The Morgan fingerprint density at radius 3 is 2.69 bits per heavy atom. The Kier molecular flexibility index (Phi) is 6.29. The molecule has 170 valence electrons. The van der Waals surface area contributed by atoms with Gasteiger partial charge in [-0.1, -0.05) is 0 Å². The molecule has 0 amide bonds. The second kappa shape index (κ2) is 8.99. The average molecular weight is 457 g/mol. The van der Waals surface area contributed by atoms with Gasteiger partial charge >= 0.3 is 0 Å². The maximum Gasteiger partial charge on any atom is 0.240 e. The van der Waals surface area contributed by atoms with E-state index in [2.05, 4.69) is 38.0 Å². The summed E-state index contributed by atoms with van der Waals surface area (Å²) in [7, 11) is -2.11. The number of nitrogens with zero attached hydrogens (tertiary/aromatic N) is 4. The van der Waals surface area contributed by atoms with Crippen LogP contribution in [-0.2, 0) is 16.6 Å². The number of β-amino-alcohol motifs (C(OH)–C–C–N with tert-alkyl or cyclic N) is 1. The van der Waals surface area contributed by atoms with E-state index < -0.39 is 10.0 Å². The summed E-state index contributed by atoms with van der Waals surface area (Å²) in [6.07, 6.45) is 6.37. The maximum absolute atomic E-state index is 12.1. The molecule has 3 heterocycles. The summed E-state index contributed by atoms with van der Waals surface area (Å²) in [6.45, 7) is 6.23. The predicted octanol–water partition coefficient (Wildman–Crippen LogP) is 2.10. The van der Waals surface area contributed by atoms with Gasteiger partial charge in [0.1, 0.15) is 5.82 Å². The van der Waals surface area contributed by atoms with Crippen molar-refractivity contribution >= 4 is 21.7 Å². The van der Waals surface area contributed by atoms with Crippen LogP contribution in [0.25, 0.3) is 5.82 Å². The standard InChI is InChI=1S/C22H28N6O3S/c1-15-10-18(4-5-20(15)32(30,31)23-3)25-22-24-8-6-21(26-22)28-11-16(2)17(13-28)12-27-9-7-19(29)14-27/h4-6,8,10-11,13,19,23,29H,7,9,12,14H2,1-3H3,(H,24,25,26)/t19-/m1/s1. The molecule has 3 N–H and O–H groups in total. The highest BCUT2D eigenvalue weighted by Crippen LogP contribution is 2.23. The predicted molar refractivity (Wildman–Crippen MR) is 123 cm³/mol. The number of aromatic nitrogens is 3. The molecule has 0 saturated carbocycles. The molecule has 1 aliphatic heterocycles. The lowest BCUT2D eigenvalue weighted by Gasteiger charge is -2.14. The van der Waals surface area contributed by atoms with Crippen LogP contribution >= 0.6 is 0 Å². The van der Waals surface area contributed by atoms with Crippen molar-refractivity contribution in [2.75, 3.05) is 25.5 Å². The molecule has 2 aromatic heterocycles. The molecular weight excluding hydrogens is 428 g/mol. The van der Waals surface area contributed by atoms with E-state index in [0.29, 0.717) is 23.7 Å². The first-order valence-electron chi connectivity index (χ1n) is 10.5. The van der Waals surface area contributed by atoms with E-state index in [4.69, 9.17) is 0 Å². The molecule has 1 atom stereocenters. The zero-order valence-corrected chi connectivity index (χ0v) is 19.2. The minimum Gasteiger partial charge on any atom is -0.392 e. The molecule has 4 rings (SSSR count). The summed E-state index contributed by atoms with van der Waals surface area (Å²) in [5, 5.41) is 12.9. The number of hydrogen-bond acceptors (Lipinski definition) is 7. The summed E-state index contributed by atoms with van der Waals surface area (Å²) < 4.78 is 28.4. The Morgan fingerprint density at radius 2 is 2.00 bits per heavy atom. The molecule has 0 aliphatic carbocycles. The van der Waals surface area contributed by atoms with E-state index in [1.807, 2.05) is 16.8 Å². The second-order valence-corrected chi connectivity index (χ2v) is 9.96. The van der Waals surface area contributed by atoms with Crippen LogP contribution in [0.4, 0.5) is 11.6 Å². The fraction of sp³-hybridized carbons (Fsp3) is 0.364. The van der Waals surface area contributed by atoms with Crippen molar-refractivity contribution in [3.05, 3.63) is 59.5 Å². The van der Waals surface area contributed by atoms with Gasteiger partial charge in [0.25, 0.3) is 0 Å². The molecule has 1 saturated heterocycles. The first-order chi connectivity index (χ1) is 15.2. The summed E-state index contributed by atoms with van der Waals surface area (Å²) in [5.41, 5.74) is 3.69. The third kappa shape index (κ3) is 4.83. The molecule has 1 aliphatic rings. The molecule has 0 spiro atoms. The van der Waals surface area contributed by atoms with Crippen molar-refractivity contribution in [2.24, 2.45) is 0 Å². The number of aliphatic hydroxyl groups is 1. The van der Waals surface area contributed by atoms with Gasteiger partial charge in [-0.15, -0.1) is 0 Å². The number of aliphatic hydroxyl groups excluding tert-OH is 1. The Balaban J connectivity index is 1.52. The Labute approximate surface area is 188 Å². The van der Waals surface area contributed by atoms with Crippen LogP contribution in [0.2, 0.25) is 0 Å². The van der Waals surface area contributed by atoms with Crippen LogP contribution in [0.3, 0.4) is 0 Å². The molecule has 9 nitrogen and oxygen atoms in total. The van der Waals surface area contributed by atoms with Crippen LogP contribution < -0.4 is 10.0 Å². The molecule has 1 aromatic carbocycles. The molecule has 0 bridgehead atoms. The maximum atomic E-state index is 12.1. The molecular formula is C22H28N6O3S. The van der Waals surface area contributed by atoms with Crippen LogP contribution in [0, 0.1) is 13.8 Å². The number of benzene rings is 1. The summed E-state index contributed by atoms with van der Waals surface area (Å²) in [6, 6.07) is 6.84. The lowest BCUT2D eigenvalue weighted by Crippen LogP contribution is -2.21. The topological polar surface area (TPSA) is 112 Å². The number of nitrogens with one attached hydrogen (secondary N) is 2. The number of likely N-dealkylation sites (tertiary alicyclic amines) is 1. The lowest BCUT2D eigenvalue weighted by molar-refractivity contribution is 0.174. The summed E-state index contributed by atoms with van der Waals surface area (Å²) in [4.78, 5) is 11.4. The average Bonchev–Trinajstić information content (AvgIpc) is 3.33. The van der Waals surface area contributed by atoms with E-state index in [-0.39, 0.29) is 11.0 Å². The van der Waals surface area contributed by atoms with Crippen molar-refractivity contribution in [1.82, 2.24) is 24.2 Å². The van der Waals surface area contributed by atoms with Gasteiger partial charge in [0, 0.05) is 43.9 Å². The number of sulfonamides is 1. The zero-order valence-electron chi connectivity index (χ0n) is 18.4. The van der Waals surface area contributed by atoms with Gasteiger partial charge in [0.05, 0.1) is 11.0 Å². The quantitative estimate of drug-likeness (QED) is 0.499. The normalized spacial score (nSPS) is 17.1. The van der Waals surface area contributed by atoms with E-state index in [9.17, 15) is 13.5 Å². The highest BCUT2D eigenvalue weighted by Gasteiger charge is 2.21. The van der Waals surface area contributed by atoms with Crippen molar-refractivity contribution in [3.63, 3.8) is 0 Å². The van der Waals surface area contributed by atoms with E-state index >= 15 is 0 Å². The van der Waals surface area contributed by atoms with Crippen molar-refractivity contribution < 1.29 is 13.5 Å². The number of anilines is 2. The Bertz CT molecular complexity index is 1220. The fourth-order valence-electron chi connectivity index (χ4n) is 3.91. The van der Waals surface area contributed by atoms with Crippen LogP contribution in [0.15, 0.2) is 47.8 Å². The second-order valence-electron chi connectivity index (χ2n) is 8.10. The van der Waals surface area contributed by atoms with Crippen LogP contribution in [0.1, 0.15) is 23.1 Å². The monoisotopic (exact) mass is 456 g/mol. The first-order valence-corrected chi connectivity index (χ1v) is 12.0. The third-order valence-corrected chi connectivity index (χ3v) is 7.24. The van der Waals surface area contributed by atoms with E-state index in [0.717, 1.165) is 30.9 Å². The largest absolute Gasteiger partial charge is 0.392 e. The van der Waals surface area contributed by atoms with Crippen molar-refractivity contribution in [1.29, 1.82) is 0 Å². The Hall–Kier alpha value is -2.79. The van der Waals surface area contributed by atoms with E-state index in [1.165, 1.54) is 12.6 Å². The van der Waals surface area contributed by atoms with Gasteiger partial charge in [-0.05, 0) is 68.3 Å².